The van der Waals surface area contributed by atoms with E-state index in [0.29, 0.717) is 25.3 Å². The Morgan fingerprint density at radius 1 is 1.26 bits per heavy atom. The Bertz CT molecular complexity index is 688. The summed E-state index contributed by atoms with van der Waals surface area (Å²) in [7, 11) is -1.95. The molecule has 1 aromatic heterocycles. The summed E-state index contributed by atoms with van der Waals surface area (Å²) in [5.74, 6) is -0.766. The Kier molecular flexibility index (Phi) is 9.79. The maximum Gasteiger partial charge on any atom is 0.391 e. The fourth-order valence-corrected chi connectivity index (χ4v) is 4.88. The van der Waals surface area contributed by atoms with Crippen LogP contribution in [0.1, 0.15) is 25.7 Å². The van der Waals surface area contributed by atoms with Crippen molar-refractivity contribution in [3.63, 3.8) is 0 Å². The minimum atomic E-state index is -4.12. The second kappa shape index (κ2) is 10.8. The Balaban J connectivity index is 0.00000364. The van der Waals surface area contributed by atoms with E-state index in [-0.39, 0.29) is 53.6 Å². The summed E-state index contributed by atoms with van der Waals surface area (Å²) in [4.78, 5) is 4.03. The number of aliphatic imine (C=N–C) groups is 1. The summed E-state index contributed by atoms with van der Waals surface area (Å²) in [6, 6.07) is 3.12. The number of nitrogens with one attached hydrogen (secondary N) is 3. The normalized spacial score (nSPS) is 21.4. The molecule has 6 nitrogen and oxygen atoms in total. The average Bonchev–Trinajstić information content (AvgIpc) is 3.13. The molecular weight excluding hydrogens is 516 g/mol. The third kappa shape index (κ3) is 7.74. The molecule has 2 rings (SSSR count). The highest BCUT2D eigenvalue weighted by Gasteiger charge is 2.41. The molecule has 0 radical (unpaired) electrons. The quantitative estimate of drug-likeness (QED) is 0.224. The van der Waals surface area contributed by atoms with Crippen molar-refractivity contribution in [3.05, 3.63) is 17.5 Å². The van der Waals surface area contributed by atoms with Crippen molar-refractivity contribution in [2.45, 2.75) is 42.1 Å². The van der Waals surface area contributed by atoms with E-state index in [1.807, 2.05) is 0 Å². The van der Waals surface area contributed by atoms with Crippen molar-refractivity contribution >= 4 is 51.3 Å². The van der Waals surface area contributed by atoms with Gasteiger partial charge in [-0.15, -0.1) is 35.3 Å². The van der Waals surface area contributed by atoms with Gasteiger partial charge in [-0.05, 0) is 37.1 Å². The molecule has 1 aromatic rings. The third-order valence-corrected chi connectivity index (χ3v) is 7.08. The van der Waals surface area contributed by atoms with Gasteiger partial charge in [0.1, 0.15) is 4.21 Å². The maximum absolute atomic E-state index is 12.7. The largest absolute Gasteiger partial charge is 0.391 e. The highest BCUT2D eigenvalue weighted by atomic mass is 127. The molecule has 0 bridgehead atoms. The van der Waals surface area contributed by atoms with Crippen LogP contribution in [0.4, 0.5) is 13.2 Å². The van der Waals surface area contributed by atoms with Crippen LogP contribution in [-0.4, -0.2) is 46.7 Å². The molecule has 1 saturated carbocycles. The first kappa shape index (κ1) is 24.4. The molecule has 1 aliphatic rings. The van der Waals surface area contributed by atoms with Crippen LogP contribution in [0.2, 0.25) is 0 Å². The summed E-state index contributed by atoms with van der Waals surface area (Å²) < 4.78 is 64.7. The highest BCUT2D eigenvalue weighted by Crippen LogP contribution is 2.37. The number of halogens is 4. The van der Waals surface area contributed by atoms with Crippen LogP contribution >= 0.6 is 35.3 Å². The van der Waals surface area contributed by atoms with Crippen molar-refractivity contribution < 1.29 is 21.6 Å². The van der Waals surface area contributed by atoms with Crippen LogP contribution in [0.15, 0.2) is 26.7 Å². The lowest BCUT2D eigenvalue weighted by atomic mass is 9.85. The first-order valence-corrected chi connectivity index (χ1v) is 10.7. The molecule has 27 heavy (non-hydrogen) atoms. The number of nitrogens with zero attached hydrogens (tertiary/aromatic N) is 1. The predicted molar refractivity (Wildman–Crippen MR) is 111 cm³/mol. The van der Waals surface area contributed by atoms with Gasteiger partial charge < -0.3 is 10.6 Å². The molecule has 1 fully saturated rings. The van der Waals surface area contributed by atoms with Gasteiger partial charge in [0.25, 0.3) is 0 Å². The van der Waals surface area contributed by atoms with Crippen LogP contribution in [0.3, 0.4) is 0 Å². The van der Waals surface area contributed by atoms with Gasteiger partial charge in [0.15, 0.2) is 5.96 Å². The first-order chi connectivity index (χ1) is 12.2. The summed E-state index contributed by atoms with van der Waals surface area (Å²) in [6.07, 6.45) is -3.05. The van der Waals surface area contributed by atoms with Crippen LogP contribution in [-0.2, 0) is 10.0 Å². The minimum Gasteiger partial charge on any atom is -0.355 e. The van der Waals surface area contributed by atoms with Crippen molar-refractivity contribution in [2.24, 2.45) is 10.9 Å². The predicted octanol–water partition coefficient (Wildman–Crippen LogP) is 2.93. The van der Waals surface area contributed by atoms with Crippen LogP contribution < -0.4 is 15.4 Å². The number of guanidine groups is 1. The van der Waals surface area contributed by atoms with Crippen molar-refractivity contribution in [3.8, 4) is 0 Å². The highest BCUT2D eigenvalue weighted by molar-refractivity contribution is 14.0. The lowest BCUT2D eigenvalue weighted by molar-refractivity contribution is -0.182. The molecule has 0 aromatic carbocycles. The van der Waals surface area contributed by atoms with Gasteiger partial charge in [-0.3, -0.25) is 4.99 Å². The zero-order valence-electron chi connectivity index (χ0n) is 14.8. The third-order valence-electron chi connectivity index (χ3n) is 4.22. The van der Waals surface area contributed by atoms with Crippen molar-refractivity contribution in [1.82, 2.24) is 15.4 Å². The number of rotatable bonds is 6. The molecule has 3 N–H and O–H groups in total. The Hall–Kier alpha value is -0.600. The zero-order valence-corrected chi connectivity index (χ0v) is 18.7. The Morgan fingerprint density at radius 2 is 1.93 bits per heavy atom. The molecule has 1 aliphatic carbocycles. The Morgan fingerprint density at radius 3 is 2.44 bits per heavy atom. The average molecular weight is 540 g/mol. The van der Waals surface area contributed by atoms with E-state index in [9.17, 15) is 21.6 Å². The monoisotopic (exact) mass is 540 g/mol. The number of thiophene rings is 1. The minimum absolute atomic E-state index is 0. The lowest BCUT2D eigenvalue weighted by Gasteiger charge is -2.31. The van der Waals surface area contributed by atoms with Gasteiger partial charge >= 0.3 is 6.18 Å². The molecule has 0 atom stereocenters. The van der Waals surface area contributed by atoms with Crippen LogP contribution in [0.25, 0.3) is 0 Å². The molecule has 0 saturated heterocycles. The summed E-state index contributed by atoms with van der Waals surface area (Å²) in [5.41, 5.74) is 0. The molecule has 1 heterocycles. The fourth-order valence-electron chi connectivity index (χ4n) is 2.81. The molecule has 0 unspecified atom stereocenters. The SMILES string of the molecule is CN=C(NCCNS(=O)(=O)c1cccs1)NC1CCC(C(F)(F)F)CC1.I. The van der Waals surface area contributed by atoms with Gasteiger partial charge in [-0.25, -0.2) is 13.1 Å². The molecule has 0 aliphatic heterocycles. The van der Waals surface area contributed by atoms with E-state index in [0.717, 1.165) is 11.3 Å². The Labute approximate surface area is 178 Å². The van der Waals surface area contributed by atoms with E-state index in [4.69, 9.17) is 0 Å². The smallest absolute Gasteiger partial charge is 0.355 e. The van der Waals surface area contributed by atoms with E-state index in [2.05, 4.69) is 20.3 Å². The number of hydrogen-bond donors (Lipinski definition) is 3. The zero-order chi connectivity index (χ0) is 19.2. The van der Waals surface area contributed by atoms with Gasteiger partial charge in [0.05, 0.1) is 5.92 Å². The standard InChI is InChI=1S/C15H23F3N4O2S2.HI/c1-19-14(22-12-6-4-11(5-7-12)15(16,17)18)20-8-9-21-26(23,24)13-3-2-10-25-13;/h2-3,10-12,21H,4-9H2,1H3,(H2,19,20,22);1H. The number of alkyl halides is 3. The molecule has 0 amide bonds. The molecule has 0 spiro atoms. The number of hydrogen-bond acceptors (Lipinski definition) is 4. The topological polar surface area (TPSA) is 82.6 Å². The maximum atomic E-state index is 12.7. The van der Waals surface area contributed by atoms with Gasteiger partial charge in [0, 0.05) is 26.2 Å². The van der Waals surface area contributed by atoms with E-state index < -0.39 is 22.1 Å². The molecule has 156 valence electrons. The van der Waals surface area contributed by atoms with Crippen molar-refractivity contribution in [2.75, 3.05) is 20.1 Å². The molecular formula is C15H24F3IN4O2S2. The van der Waals surface area contributed by atoms with Gasteiger partial charge in [-0.1, -0.05) is 6.07 Å². The van der Waals surface area contributed by atoms with Gasteiger partial charge in [-0.2, -0.15) is 13.2 Å². The summed E-state index contributed by atoms with van der Waals surface area (Å²) in [5, 5.41) is 7.75. The van der Waals surface area contributed by atoms with Crippen molar-refractivity contribution in [1.29, 1.82) is 0 Å². The fraction of sp³-hybridized carbons (Fsp3) is 0.667. The second-order valence-corrected chi connectivity index (χ2v) is 9.00. The summed E-state index contributed by atoms with van der Waals surface area (Å²) in [6.45, 7) is 0.476. The lowest BCUT2D eigenvalue weighted by Crippen LogP contribution is -2.47. The summed E-state index contributed by atoms with van der Waals surface area (Å²) >= 11 is 1.14. The van der Waals surface area contributed by atoms with Crippen LogP contribution in [0.5, 0.6) is 0 Å². The van der Waals surface area contributed by atoms with E-state index >= 15 is 0 Å². The van der Waals surface area contributed by atoms with Crippen LogP contribution in [0, 0.1) is 5.92 Å². The second-order valence-electron chi connectivity index (χ2n) is 6.06. The van der Waals surface area contributed by atoms with E-state index in [1.54, 1.807) is 18.5 Å². The number of sulfonamides is 1. The first-order valence-electron chi connectivity index (χ1n) is 8.29. The van der Waals surface area contributed by atoms with E-state index in [1.165, 1.54) is 6.07 Å². The van der Waals surface area contributed by atoms with Gasteiger partial charge in [0.2, 0.25) is 10.0 Å². The molecule has 12 heteroatoms.